The summed E-state index contributed by atoms with van der Waals surface area (Å²) >= 11 is 0. The molecule has 230 valence electrons. The SMILES string of the molecule is c1ccc(-c2ccc(N(c3cccc(-c4cccc5oc6ccccc6c45)c3)c3ccc4cc5c(cc4c3)oc3ccccc35)cc2)cc1. The summed E-state index contributed by atoms with van der Waals surface area (Å²) in [5.74, 6) is 0. The largest absolute Gasteiger partial charge is 0.456 e. The number of benzene rings is 8. The summed E-state index contributed by atoms with van der Waals surface area (Å²) in [7, 11) is 0. The second kappa shape index (κ2) is 11.0. The van der Waals surface area contributed by atoms with E-state index in [9.17, 15) is 0 Å². The lowest BCUT2D eigenvalue weighted by atomic mass is 9.98. The molecule has 2 aromatic heterocycles. The summed E-state index contributed by atoms with van der Waals surface area (Å²) in [6.07, 6.45) is 0. The molecule has 0 aliphatic rings. The third kappa shape index (κ3) is 4.59. The van der Waals surface area contributed by atoms with E-state index in [2.05, 4.69) is 157 Å². The van der Waals surface area contributed by atoms with Gasteiger partial charge in [0.15, 0.2) is 0 Å². The van der Waals surface area contributed by atoms with Gasteiger partial charge in [0.2, 0.25) is 0 Å². The maximum atomic E-state index is 6.29. The van der Waals surface area contributed by atoms with Crippen LogP contribution in [0, 0.1) is 0 Å². The molecule has 0 aliphatic heterocycles. The number of hydrogen-bond donors (Lipinski definition) is 0. The van der Waals surface area contributed by atoms with Gasteiger partial charge in [0.05, 0.1) is 0 Å². The van der Waals surface area contributed by atoms with Crippen LogP contribution in [0.15, 0.2) is 185 Å². The van der Waals surface area contributed by atoms with Gasteiger partial charge in [-0.2, -0.15) is 0 Å². The molecule has 0 saturated carbocycles. The molecule has 0 atom stereocenters. The first-order valence-electron chi connectivity index (χ1n) is 16.6. The Bertz CT molecular complexity index is 2830. The van der Waals surface area contributed by atoms with Crippen LogP contribution in [0.3, 0.4) is 0 Å². The van der Waals surface area contributed by atoms with Crippen LogP contribution in [0.5, 0.6) is 0 Å². The smallest absolute Gasteiger partial charge is 0.136 e. The normalized spacial score (nSPS) is 11.7. The Hall–Kier alpha value is -6.58. The molecule has 0 aliphatic carbocycles. The van der Waals surface area contributed by atoms with Gasteiger partial charge in [0.25, 0.3) is 0 Å². The van der Waals surface area contributed by atoms with Crippen LogP contribution in [0.25, 0.3) is 76.9 Å². The Morgan fingerprint density at radius 2 is 0.959 bits per heavy atom. The fourth-order valence-corrected chi connectivity index (χ4v) is 7.30. The van der Waals surface area contributed by atoms with Gasteiger partial charge in [0.1, 0.15) is 22.3 Å². The molecule has 3 heteroatoms. The van der Waals surface area contributed by atoms with Crippen molar-refractivity contribution >= 4 is 71.7 Å². The van der Waals surface area contributed by atoms with Crippen molar-refractivity contribution in [2.45, 2.75) is 0 Å². The van der Waals surface area contributed by atoms with Gasteiger partial charge < -0.3 is 13.7 Å². The highest BCUT2D eigenvalue weighted by Crippen LogP contribution is 2.42. The summed E-state index contributed by atoms with van der Waals surface area (Å²) < 4.78 is 12.5. The van der Waals surface area contributed by atoms with Crippen LogP contribution < -0.4 is 4.90 Å². The van der Waals surface area contributed by atoms with E-state index in [4.69, 9.17) is 8.83 Å². The monoisotopic (exact) mass is 627 g/mol. The molecule has 0 unspecified atom stereocenters. The van der Waals surface area contributed by atoms with Crippen LogP contribution in [-0.2, 0) is 0 Å². The minimum absolute atomic E-state index is 0.892. The van der Waals surface area contributed by atoms with Crippen molar-refractivity contribution in [2.75, 3.05) is 4.90 Å². The second-order valence-corrected chi connectivity index (χ2v) is 12.6. The molecule has 0 radical (unpaired) electrons. The molecule has 0 spiro atoms. The van der Waals surface area contributed by atoms with Crippen molar-refractivity contribution in [2.24, 2.45) is 0 Å². The minimum atomic E-state index is 0.892. The molecule has 3 nitrogen and oxygen atoms in total. The van der Waals surface area contributed by atoms with Gasteiger partial charge in [-0.15, -0.1) is 0 Å². The average molecular weight is 628 g/mol. The molecule has 10 aromatic rings. The number of anilines is 3. The van der Waals surface area contributed by atoms with Gasteiger partial charge in [-0.1, -0.05) is 109 Å². The number of furan rings is 2. The zero-order chi connectivity index (χ0) is 32.3. The third-order valence-corrected chi connectivity index (χ3v) is 9.63. The Morgan fingerprint density at radius 1 is 0.327 bits per heavy atom. The molecule has 2 heterocycles. The molecule has 0 amide bonds. The first-order valence-corrected chi connectivity index (χ1v) is 16.6. The maximum absolute atomic E-state index is 6.29. The summed E-state index contributed by atoms with van der Waals surface area (Å²) in [6.45, 7) is 0. The summed E-state index contributed by atoms with van der Waals surface area (Å²) in [5, 5.41) is 6.83. The van der Waals surface area contributed by atoms with Crippen molar-refractivity contribution in [3.8, 4) is 22.3 Å². The highest BCUT2D eigenvalue weighted by molar-refractivity contribution is 6.13. The van der Waals surface area contributed by atoms with Gasteiger partial charge in [-0.25, -0.2) is 0 Å². The number of nitrogens with zero attached hydrogens (tertiary/aromatic N) is 1. The van der Waals surface area contributed by atoms with Gasteiger partial charge in [-0.3, -0.25) is 0 Å². The Labute approximate surface area is 282 Å². The first kappa shape index (κ1) is 27.5. The number of para-hydroxylation sites is 2. The molecule has 10 rings (SSSR count). The van der Waals surface area contributed by atoms with E-state index in [0.29, 0.717) is 0 Å². The minimum Gasteiger partial charge on any atom is -0.456 e. The quantitative estimate of drug-likeness (QED) is 0.190. The summed E-state index contributed by atoms with van der Waals surface area (Å²) in [4.78, 5) is 2.34. The van der Waals surface area contributed by atoms with Crippen LogP contribution in [0.2, 0.25) is 0 Å². The van der Waals surface area contributed by atoms with Crippen molar-refractivity contribution in [3.05, 3.63) is 176 Å². The average Bonchev–Trinajstić information content (AvgIpc) is 3.73. The lowest BCUT2D eigenvalue weighted by Crippen LogP contribution is -2.10. The van der Waals surface area contributed by atoms with E-state index in [0.717, 1.165) is 77.5 Å². The van der Waals surface area contributed by atoms with Crippen LogP contribution in [-0.4, -0.2) is 0 Å². The lowest BCUT2D eigenvalue weighted by Gasteiger charge is -2.26. The van der Waals surface area contributed by atoms with Crippen molar-refractivity contribution < 1.29 is 8.83 Å². The highest BCUT2D eigenvalue weighted by Gasteiger charge is 2.18. The van der Waals surface area contributed by atoms with E-state index in [1.165, 1.54) is 16.5 Å². The number of rotatable bonds is 5. The summed E-state index contributed by atoms with van der Waals surface area (Å²) in [5.41, 5.74) is 11.5. The molecule has 0 fully saturated rings. The van der Waals surface area contributed by atoms with Crippen LogP contribution in [0.4, 0.5) is 17.1 Å². The molecular weight excluding hydrogens is 599 g/mol. The predicted molar refractivity (Wildman–Crippen MR) is 204 cm³/mol. The lowest BCUT2D eigenvalue weighted by molar-refractivity contribution is 0.669. The fourth-order valence-electron chi connectivity index (χ4n) is 7.30. The topological polar surface area (TPSA) is 29.5 Å². The van der Waals surface area contributed by atoms with Crippen molar-refractivity contribution in [1.29, 1.82) is 0 Å². The van der Waals surface area contributed by atoms with E-state index >= 15 is 0 Å². The Balaban J connectivity index is 1.15. The Morgan fingerprint density at radius 3 is 1.82 bits per heavy atom. The zero-order valence-electron chi connectivity index (χ0n) is 26.5. The molecule has 0 saturated heterocycles. The van der Waals surface area contributed by atoms with E-state index in [-0.39, 0.29) is 0 Å². The molecule has 0 N–H and O–H groups in total. The maximum Gasteiger partial charge on any atom is 0.136 e. The number of hydrogen-bond acceptors (Lipinski definition) is 3. The second-order valence-electron chi connectivity index (χ2n) is 12.6. The van der Waals surface area contributed by atoms with Crippen molar-refractivity contribution in [3.63, 3.8) is 0 Å². The van der Waals surface area contributed by atoms with E-state index in [1.54, 1.807) is 0 Å². The molecular formula is C46H29NO2. The zero-order valence-corrected chi connectivity index (χ0v) is 26.5. The van der Waals surface area contributed by atoms with Crippen LogP contribution in [0.1, 0.15) is 0 Å². The standard InChI is InChI=1S/C46H29NO2/c1-2-10-30(11-3-1)31-20-23-35(24-21-31)47(37-25-22-32-28-41-39-14-4-6-17-42(39)49-45(41)29-34(32)27-37)36-13-8-12-33(26-36)38-16-9-19-44-46(38)40-15-5-7-18-43(40)48-44/h1-29H. The van der Waals surface area contributed by atoms with Gasteiger partial charge in [0, 0.05) is 38.6 Å². The summed E-state index contributed by atoms with van der Waals surface area (Å²) in [6, 6.07) is 62.2. The highest BCUT2D eigenvalue weighted by atomic mass is 16.3. The van der Waals surface area contributed by atoms with Crippen molar-refractivity contribution in [1.82, 2.24) is 0 Å². The van der Waals surface area contributed by atoms with E-state index < -0.39 is 0 Å². The third-order valence-electron chi connectivity index (χ3n) is 9.63. The number of fused-ring (bicyclic) bond motifs is 7. The fraction of sp³-hybridized carbons (Fsp3) is 0. The van der Waals surface area contributed by atoms with E-state index in [1.807, 2.05) is 24.3 Å². The first-order chi connectivity index (χ1) is 24.3. The molecule has 8 aromatic carbocycles. The Kier molecular flexibility index (Phi) is 6.18. The predicted octanol–water partition coefficient (Wildman–Crippen LogP) is 13.4. The van der Waals surface area contributed by atoms with Crippen LogP contribution >= 0.6 is 0 Å². The van der Waals surface area contributed by atoms with Gasteiger partial charge >= 0.3 is 0 Å². The van der Waals surface area contributed by atoms with Gasteiger partial charge in [-0.05, 0) is 99.8 Å². The molecule has 0 bridgehead atoms. The molecule has 49 heavy (non-hydrogen) atoms.